The number of nitrogens with zero attached hydrogens (tertiary/aromatic N) is 2. The number of hydrogen-bond acceptors (Lipinski definition) is 3. The number of nitriles is 1. The fourth-order valence-corrected chi connectivity index (χ4v) is 2.30. The first-order valence-electron chi connectivity index (χ1n) is 4.49. The van der Waals surface area contributed by atoms with Crippen molar-refractivity contribution >= 4 is 10.0 Å². The zero-order valence-electron chi connectivity index (χ0n) is 8.94. The predicted molar refractivity (Wildman–Crippen MR) is 56.6 cm³/mol. The average molecular weight is 242 g/mol. The van der Waals surface area contributed by atoms with Gasteiger partial charge in [-0.3, -0.25) is 0 Å². The third-order valence-electron chi connectivity index (χ3n) is 2.13. The maximum Gasteiger partial charge on any atom is 0.243 e. The van der Waals surface area contributed by atoms with Crippen molar-refractivity contribution in [1.82, 2.24) is 4.31 Å². The Morgan fingerprint density at radius 2 is 2.12 bits per heavy atom. The molecule has 0 heterocycles. The molecular weight excluding hydrogens is 231 g/mol. The third kappa shape index (κ3) is 2.38. The van der Waals surface area contributed by atoms with Crippen LogP contribution in [0.4, 0.5) is 4.39 Å². The summed E-state index contributed by atoms with van der Waals surface area (Å²) in [4.78, 5) is -0.0100. The fourth-order valence-electron chi connectivity index (χ4n) is 1.14. The minimum Gasteiger partial charge on any atom is -0.207 e. The number of aryl methyl sites for hydroxylation is 1. The Labute approximate surface area is 94.0 Å². The molecule has 0 aromatic heterocycles. The van der Waals surface area contributed by atoms with Crippen LogP contribution in [0.3, 0.4) is 0 Å². The van der Waals surface area contributed by atoms with Crippen LogP contribution in [0.2, 0.25) is 0 Å². The largest absolute Gasteiger partial charge is 0.243 e. The highest BCUT2D eigenvalue weighted by Gasteiger charge is 2.20. The van der Waals surface area contributed by atoms with Crippen LogP contribution in [0.1, 0.15) is 5.56 Å². The minimum atomic E-state index is -3.70. The summed E-state index contributed by atoms with van der Waals surface area (Å²) in [6.45, 7) is 1.25. The molecule has 0 radical (unpaired) electrons. The maximum absolute atomic E-state index is 13.0. The molecule has 0 aliphatic rings. The van der Waals surface area contributed by atoms with Crippen LogP contribution in [-0.2, 0) is 10.0 Å². The summed E-state index contributed by atoms with van der Waals surface area (Å²) in [5, 5.41) is 8.43. The SMILES string of the molecule is Cc1cc(S(=O)(=O)N(C)CC#N)ccc1F. The van der Waals surface area contributed by atoms with Crippen LogP contribution < -0.4 is 0 Å². The van der Waals surface area contributed by atoms with Gasteiger partial charge in [-0.1, -0.05) is 0 Å². The van der Waals surface area contributed by atoms with E-state index in [2.05, 4.69) is 0 Å². The van der Waals surface area contributed by atoms with Gasteiger partial charge in [0.1, 0.15) is 12.4 Å². The van der Waals surface area contributed by atoms with Gasteiger partial charge < -0.3 is 0 Å². The van der Waals surface area contributed by atoms with E-state index < -0.39 is 15.8 Å². The van der Waals surface area contributed by atoms with E-state index in [1.807, 2.05) is 0 Å². The van der Waals surface area contributed by atoms with Crippen molar-refractivity contribution in [1.29, 1.82) is 5.26 Å². The van der Waals surface area contributed by atoms with Crippen LogP contribution >= 0.6 is 0 Å². The molecule has 0 bridgehead atoms. The third-order valence-corrected chi connectivity index (χ3v) is 3.93. The predicted octanol–water partition coefficient (Wildman–Crippen LogP) is 1.28. The van der Waals surface area contributed by atoms with Gasteiger partial charge in [-0.15, -0.1) is 0 Å². The lowest BCUT2D eigenvalue weighted by Gasteiger charge is -2.13. The maximum atomic E-state index is 13.0. The van der Waals surface area contributed by atoms with Gasteiger partial charge in [-0.25, -0.2) is 12.8 Å². The van der Waals surface area contributed by atoms with E-state index in [0.717, 1.165) is 10.4 Å². The number of rotatable bonds is 3. The van der Waals surface area contributed by atoms with Gasteiger partial charge in [0.25, 0.3) is 0 Å². The Balaban J connectivity index is 3.18. The van der Waals surface area contributed by atoms with E-state index in [-0.39, 0.29) is 17.0 Å². The van der Waals surface area contributed by atoms with Gasteiger partial charge in [0.05, 0.1) is 11.0 Å². The molecule has 0 N–H and O–H groups in total. The molecule has 16 heavy (non-hydrogen) atoms. The molecular formula is C10H11FN2O2S. The van der Waals surface area contributed by atoms with E-state index in [0.29, 0.717) is 0 Å². The summed E-state index contributed by atoms with van der Waals surface area (Å²) in [5.41, 5.74) is 0.256. The minimum absolute atomic E-state index is 0.0100. The van der Waals surface area contributed by atoms with Crippen LogP contribution in [-0.4, -0.2) is 26.3 Å². The quantitative estimate of drug-likeness (QED) is 0.750. The number of hydrogen-bond donors (Lipinski definition) is 0. The van der Waals surface area contributed by atoms with Crippen molar-refractivity contribution in [3.8, 4) is 6.07 Å². The van der Waals surface area contributed by atoms with E-state index in [1.54, 1.807) is 6.07 Å². The highest BCUT2D eigenvalue weighted by molar-refractivity contribution is 7.89. The molecule has 0 saturated carbocycles. The molecule has 1 rings (SSSR count). The first kappa shape index (κ1) is 12.6. The average Bonchev–Trinajstić information content (AvgIpc) is 2.22. The van der Waals surface area contributed by atoms with Crippen LogP contribution in [0.25, 0.3) is 0 Å². The van der Waals surface area contributed by atoms with Gasteiger partial charge in [-0.2, -0.15) is 9.57 Å². The van der Waals surface area contributed by atoms with E-state index in [9.17, 15) is 12.8 Å². The molecule has 1 aromatic carbocycles. The molecule has 6 heteroatoms. The first-order valence-corrected chi connectivity index (χ1v) is 5.93. The number of halogens is 1. The fraction of sp³-hybridized carbons (Fsp3) is 0.300. The van der Waals surface area contributed by atoms with E-state index in [4.69, 9.17) is 5.26 Å². The number of sulfonamides is 1. The van der Waals surface area contributed by atoms with Crippen molar-refractivity contribution in [2.24, 2.45) is 0 Å². The van der Waals surface area contributed by atoms with Crippen molar-refractivity contribution in [2.75, 3.05) is 13.6 Å². The topological polar surface area (TPSA) is 61.2 Å². The molecule has 0 amide bonds. The Morgan fingerprint density at radius 1 is 1.50 bits per heavy atom. The van der Waals surface area contributed by atoms with E-state index >= 15 is 0 Å². The molecule has 0 aliphatic heterocycles. The highest BCUT2D eigenvalue weighted by atomic mass is 32.2. The van der Waals surface area contributed by atoms with Gasteiger partial charge in [0.2, 0.25) is 10.0 Å². The zero-order valence-corrected chi connectivity index (χ0v) is 9.75. The summed E-state index contributed by atoms with van der Waals surface area (Å²) in [5.74, 6) is -0.457. The second-order valence-electron chi connectivity index (χ2n) is 3.33. The molecule has 0 saturated heterocycles. The molecule has 0 atom stereocenters. The molecule has 86 valence electrons. The zero-order chi connectivity index (χ0) is 12.3. The van der Waals surface area contributed by atoms with Gasteiger partial charge >= 0.3 is 0 Å². The molecule has 4 nitrogen and oxygen atoms in total. The lowest BCUT2D eigenvalue weighted by Crippen LogP contribution is -2.27. The van der Waals surface area contributed by atoms with Crippen molar-refractivity contribution in [3.05, 3.63) is 29.6 Å². The molecule has 1 aromatic rings. The summed E-state index contributed by atoms with van der Waals surface area (Å²) >= 11 is 0. The lowest BCUT2D eigenvalue weighted by molar-refractivity contribution is 0.501. The Morgan fingerprint density at radius 3 is 2.62 bits per heavy atom. The Kier molecular flexibility index (Phi) is 3.62. The molecule has 0 spiro atoms. The Bertz CT molecular complexity index is 534. The Hall–Kier alpha value is -1.45. The summed E-state index contributed by atoms with van der Waals surface area (Å²) in [6, 6.07) is 5.28. The summed E-state index contributed by atoms with van der Waals surface area (Å²) in [7, 11) is -2.39. The van der Waals surface area contributed by atoms with Gasteiger partial charge in [0.15, 0.2) is 0 Å². The van der Waals surface area contributed by atoms with Crippen LogP contribution in [0, 0.1) is 24.1 Å². The monoisotopic (exact) mass is 242 g/mol. The summed E-state index contributed by atoms with van der Waals surface area (Å²) in [6.07, 6.45) is 0. The first-order chi connectivity index (χ1) is 7.39. The van der Waals surface area contributed by atoms with Crippen LogP contribution in [0.15, 0.2) is 23.1 Å². The summed E-state index contributed by atoms with van der Waals surface area (Å²) < 4.78 is 37.6. The standard InChI is InChI=1S/C10H11FN2O2S/c1-8-7-9(3-4-10(8)11)16(14,15)13(2)6-5-12/h3-4,7H,6H2,1-2H3. The molecule has 0 unspecified atom stereocenters. The normalized spacial score (nSPS) is 11.4. The van der Waals surface area contributed by atoms with Crippen molar-refractivity contribution < 1.29 is 12.8 Å². The van der Waals surface area contributed by atoms with Gasteiger partial charge in [0, 0.05) is 7.05 Å². The van der Waals surface area contributed by atoms with Crippen molar-refractivity contribution in [2.45, 2.75) is 11.8 Å². The molecule has 0 fully saturated rings. The van der Waals surface area contributed by atoms with Crippen molar-refractivity contribution in [3.63, 3.8) is 0 Å². The highest BCUT2D eigenvalue weighted by Crippen LogP contribution is 2.17. The smallest absolute Gasteiger partial charge is 0.207 e. The van der Waals surface area contributed by atoms with Crippen LogP contribution in [0.5, 0.6) is 0 Å². The lowest BCUT2D eigenvalue weighted by atomic mass is 10.2. The molecule has 0 aliphatic carbocycles. The second-order valence-corrected chi connectivity index (χ2v) is 5.38. The van der Waals surface area contributed by atoms with E-state index in [1.165, 1.54) is 26.1 Å². The number of benzene rings is 1. The van der Waals surface area contributed by atoms with Gasteiger partial charge in [-0.05, 0) is 30.7 Å². The second kappa shape index (κ2) is 4.60.